The Labute approximate surface area is 197 Å². The minimum atomic E-state index is -0.859. The summed E-state index contributed by atoms with van der Waals surface area (Å²) in [5.41, 5.74) is 7.01. The molecule has 172 valence electrons. The topological polar surface area (TPSA) is 111 Å². The summed E-state index contributed by atoms with van der Waals surface area (Å²) >= 11 is 12.0. The van der Waals surface area contributed by atoms with Crippen LogP contribution >= 0.6 is 23.2 Å². The number of hydrogen-bond acceptors (Lipinski definition) is 4. The van der Waals surface area contributed by atoms with E-state index >= 15 is 0 Å². The van der Waals surface area contributed by atoms with E-state index in [0.29, 0.717) is 35.0 Å². The number of hydrogen-bond donors (Lipinski definition) is 3. The van der Waals surface area contributed by atoms with Crippen LogP contribution in [0.25, 0.3) is 0 Å². The number of amides is 3. The Morgan fingerprint density at radius 1 is 1.00 bits per heavy atom. The first kappa shape index (κ1) is 25.5. The highest BCUT2D eigenvalue weighted by atomic mass is 35.5. The molecule has 0 spiro atoms. The van der Waals surface area contributed by atoms with Gasteiger partial charge in [-0.05, 0) is 36.1 Å². The molecule has 2 rings (SSSR count). The predicted octanol–water partition coefficient (Wildman–Crippen LogP) is 3.99. The van der Waals surface area contributed by atoms with Crippen molar-refractivity contribution in [1.29, 1.82) is 0 Å². The summed E-state index contributed by atoms with van der Waals surface area (Å²) in [5.74, 6) is -0.906. The molecule has 2 aromatic carbocycles. The Kier molecular flexibility index (Phi) is 10.8. The first-order chi connectivity index (χ1) is 15.3. The summed E-state index contributed by atoms with van der Waals surface area (Å²) in [6.45, 7) is 0.670. The fourth-order valence-corrected chi connectivity index (χ4v) is 3.43. The van der Waals surface area contributed by atoms with E-state index in [9.17, 15) is 14.4 Å². The van der Waals surface area contributed by atoms with Gasteiger partial charge in [-0.1, -0.05) is 66.0 Å². The molecular weight excluding hydrogens is 453 g/mol. The van der Waals surface area contributed by atoms with Gasteiger partial charge in [0.15, 0.2) is 0 Å². The van der Waals surface area contributed by atoms with Crippen molar-refractivity contribution >= 4 is 41.1 Å². The number of benzene rings is 2. The van der Waals surface area contributed by atoms with Crippen LogP contribution in [0.1, 0.15) is 36.8 Å². The second-order valence-electron chi connectivity index (χ2n) is 7.26. The fourth-order valence-electron chi connectivity index (χ4n) is 2.95. The van der Waals surface area contributed by atoms with Crippen LogP contribution in [0.3, 0.4) is 0 Å². The number of ether oxygens (including phenoxy) is 1. The molecular formula is C23H27Cl2N3O4. The van der Waals surface area contributed by atoms with E-state index in [1.165, 1.54) is 0 Å². The van der Waals surface area contributed by atoms with E-state index < -0.39 is 18.0 Å². The number of nitrogens with two attached hydrogens (primary N) is 1. The van der Waals surface area contributed by atoms with Crippen molar-refractivity contribution in [3.63, 3.8) is 0 Å². The second-order valence-corrected chi connectivity index (χ2v) is 8.11. The molecule has 0 radical (unpaired) electrons. The summed E-state index contributed by atoms with van der Waals surface area (Å²) in [6, 6.07) is 13.5. The van der Waals surface area contributed by atoms with Gasteiger partial charge in [-0.15, -0.1) is 0 Å². The average molecular weight is 480 g/mol. The third-order valence-corrected chi connectivity index (χ3v) is 5.27. The number of nitrogens with one attached hydrogen (secondary N) is 2. The van der Waals surface area contributed by atoms with Crippen molar-refractivity contribution in [3.05, 3.63) is 69.7 Å². The van der Waals surface area contributed by atoms with Crippen LogP contribution in [-0.2, 0) is 27.4 Å². The lowest BCUT2D eigenvalue weighted by Crippen LogP contribution is -2.45. The average Bonchev–Trinajstić information content (AvgIpc) is 2.76. The lowest BCUT2D eigenvalue weighted by molar-refractivity contribution is -0.127. The first-order valence-corrected chi connectivity index (χ1v) is 11.1. The van der Waals surface area contributed by atoms with Gasteiger partial charge in [-0.3, -0.25) is 9.59 Å². The van der Waals surface area contributed by atoms with Gasteiger partial charge in [0.25, 0.3) is 0 Å². The molecule has 0 aromatic heterocycles. The number of carbonyl (C=O) groups is 3. The van der Waals surface area contributed by atoms with Gasteiger partial charge in [0.1, 0.15) is 12.6 Å². The van der Waals surface area contributed by atoms with Gasteiger partial charge >= 0.3 is 6.09 Å². The molecule has 0 aliphatic rings. The Hall–Kier alpha value is -2.77. The Balaban J connectivity index is 1.61. The van der Waals surface area contributed by atoms with E-state index in [4.69, 9.17) is 33.7 Å². The van der Waals surface area contributed by atoms with Crippen LogP contribution in [0.4, 0.5) is 4.79 Å². The van der Waals surface area contributed by atoms with E-state index in [2.05, 4.69) is 10.6 Å². The minimum Gasteiger partial charge on any atom is -0.445 e. The normalized spacial score (nSPS) is 11.4. The Bertz CT molecular complexity index is 909. The zero-order valence-electron chi connectivity index (χ0n) is 17.6. The van der Waals surface area contributed by atoms with Crippen molar-refractivity contribution in [2.45, 2.75) is 44.8 Å². The number of unbranched alkanes of at least 4 members (excludes halogenated alkanes) is 2. The summed E-state index contributed by atoms with van der Waals surface area (Å²) in [4.78, 5) is 35.6. The molecule has 4 N–H and O–H groups in total. The summed E-state index contributed by atoms with van der Waals surface area (Å²) in [5, 5.41) is 6.23. The number of rotatable bonds is 12. The van der Waals surface area contributed by atoms with Gasteiger partial charge in [-0.25, -0.2) is 4.79 Å². The van der Waals surface area contributed by atoms with E-state index in [1.54, 1.807) is 18.2 Å². The van der Waals surface area contributed by atoms with Gasteiger partial charge in [-0.2, -0.15) is 0 Å². The van der Waals surface area contributed by atoms with Crippen molar-refractivity contribution in [1.82, 2.24) is 10.6 Å². The summed E-state index contributed by atoms with van der Waals surface area (Å²) < 4.78 is 5.13. The lowest BCUT2D eigenvalue weighted by atomic mass is 10.0. The molecule has 0 bridgehead atoms. The Morgan fingerprint density at radius 3 is 2.44 bits per heavy atom. The van der Waals surface area contributed by atoms with Crippen molar-refractivity contribution in [3.8, 4) is 0 Å². The van der Waals surface area contributed by atoms with Crippen molar-refractivity contribution in [2.24, 2.45) is 5.73 Å². The maximum atomic E-state index is 12.2. The van der Waals surface area contributed by atoms with Crippen LogP contribution in [0, 0.1) is 0 Å². The van der Waals surface area contributed by atoms with E-state index in [-0.39, 0.29) is 25.4 Å². The molecule has 0 heterocycles. The number of halogens is 2. The molecule has 0 unspecified atom stereocenters. The predicted molar refractivity (Wildman–Crippen MR) is 124 cm³/mol. The summed E-state index contributed by atoms with van der Waals surface area (Å²) in [6.07, 6.45) is 2.00. The minimum absolute atomic E-state index is 0.187. The molecule has 3 amide bonds. The molecule has 0 aliphatic heterocycles. The van der Waals surface area contributed by atoms with Crippen LogP contribution in [-0.4, -0.2) is 30.5 Å². The molecule has 7 nitrogen and oxygen atoms in total. The largest absolute Gasteiger partial charge is 0.445 e. The Morgan fingerprint density at radius 2 is 1.75 bits per heavy atom. The van der Waals surface area contributed by atoms with Gasteiger partial charge in [0.2, 0.25) is 11.8 Å². The molecule has 0 aliphatic carbocycles. The van der Waals surface area contributed by atoms with Crippen LogP contribution in [0.15, 0.2) is 48.5 Å². The second kappa shape index (κ2) is 13.6. The number of primary amides is 1. The monoisotopic (exact) mass is 479 g/mol. The molecule has 0 fully saturated rings. The zero-order valence-corrected chi connectivity index (χ0v) is 19.1. The molecule has 0 saturated carbocycles. The number of carbonyl (C=O) groups excluding carboxylic acids is 3. The SMILES string of the molecule is NC(=O)[C@H](Cc1ccc(Cl)cc1Cl)NC(=O)CCCCCNC(=O)OCc1ccccc1. The quantitative estimate of drug-likeness (QED) is 0.399. The van der Waals surface area contributed by atoms with Crippen LogP contribution in [0.2, 0.25) is 10.0 Å². The third-order valence-electron chi connectivity index (χ3n) is 4.68. The zero-order chi connectivity index (χ0) is 23.3. The van der Waals surface area contributed by atoms with Gasteiger partial charge in [0.05, 0.1) is 0 Å². The first-order valence-electron chi connectivity index (χ1n) is 10.3. The molecule has 0 saturated heterocycles. The van der Waals surface area contributed by atoms with Gasteiger partial charge in [0, 0.05) is 29.4 Å². The van der Waals surface area contributed by atoms with E-state index in [0.717, 1.165) is 12.0 Å². The maximum Gasteiger partial charge on any atom is 0.407 e. The highest BCUT2D eigenvalue weighted by molar-refractivity contribution is 6.35. The smallest absolute Gasteiger partial charge is 0.407 e. The summed E-state index contributed by atoms with van der Waals surface area (Å²) in [7, 11) is 0. The lowest BCUT2D eigenvalue weighted by Gasteiger charge is -2.16. The highest BCUT2D eigenvalue weighted by Crippen LogP contribution is 2.22. The molecule has 2 aromatic rings. The highest BCUT2D eigenvalue weighted by Gasteiger charge is 2.19. The molecule has 32 heavy (non-hydrogen) atoms. The molecule has 9 heteroatoms. The van der Waals surface area contributed by atoms with E-state index in [1.807, 2.05) is 30.3 Å². The van der Waals surface area contributed by atoms with Crippen LogP contribution in [0.5, 0.6) is 0 Å². The fraction of sp³-hybridized carbons (Fsp3) is 0.348. The van der Waals surface area contributed by atoms with Crippen molar-refractivity contribution in [2.75, 3.05) is 6.54 Å². The van der Waals surface area contributed by atoms with Crippen LogP contribution < -0.4 is 16.4 Å². The number of alkyl carbamates (subject to hydrolysis) is 1. The maximum absolute atomic E-state index is 12.2. The third kappa shape index (κ3) is 9.58. The van der Waals surface area contributed by atoms with Crippen molar-refractivity contribution < 1.29 is 19.1 Å². The standard InChI is InChI=1S/C23H27Cl2N3O4/c24-18-11-10-17(19(25)14-18)13-20(22(26)30)28-21(29)9-5-2-6-12-27-23(31)32-15-16-7-3-1-4-8-16/h1,3-4,7-8,10-11,14,20H,2,5-6,9,12-13,15H2,(H2,26,30)(H,27,31)(H,28,29)/t20-/m0/s1. The molecule has 1 atom stereocenters. The van der Waals surface area contributed by atoms with Gasteiger partial charge < -0.3 is 21.1 Å².